The molecule has 0 saturated heterocycles. The van der Waals surface area contributed by atoms with E-state index in [1.807, 2.05) is 0 Å². The second kappa shape index (κ2) is 16.0. The third-order valence-electron chi connectivity index (χ3n) is 2.16. The Labute approximate surface area is 99.4 Å². The fourth-order valence-electron chi connectivity index (χ4n) is 1.35. The van der Waals surface area contributed by atoms with Gasteiger partial charge in [0.2, 0.25) is 0 Å². The van der Waals surface area contributed by atoms with Gasteiger partial charge in [0.25, 0.3) is 0 Å². The molecule has 0 aromatic rings. The summed E-state index contributed by atoms with van der Waals surface area (Å²) in [6.45, 7) is 2.90. The molecule has 0 radical (unpaired) electrons. The molecule has 88 valence electrons. The SMILES string of the molecule is CCCCCCCCCCO[PH+]=O.[Ni]. The second-order valence-corrected chi connectivity index (χ2v) is 3.86. The van der Waals surface area contributed by atoms with E-state index < -0.39 is 8.69 Å². The smallest absolute Gasteiger partial charge is 0.148 e. The standard InChI is InChI=1S/C10H22O2P.Ni/c1-2-3-4-5-6-7-8-9-10-12-13-11;/h13H,2-10H2,1H3;/q+1;. The third kappa shape index (κ3) is 15.0. The average molecular weight is 264 g/mol. The quantitative estimate of drug-likeness (QED) is 0.337. The summed E-state index contributed by atoms with van der Waals surface area (Å²) in [6, 6.07) is 0. The maximum absolute atomic E-state index is 9.94. The predicted octanol–water partition coefficient (Wildman–Crippen LogP) is 4.08. The zero-order chi connectivity index (χ0) is 9.78. The topological polar surface area (TPSA) is 26.3 Å². The second-order valence-electron chi connectivity index (χ2n) is 3.41. The Bertz CT molecular complexity index is 112. The van der Waals surface area contributed by atoms with E-state index in [1.165, 1.54) is 44.9 Å². The summed E-state index contributed by atoms with van der Waals surface area (Å²) in [5, 5.41) is 0. The van der Waals surface area contributed by atoms with Crippen molar-refractivity contribution in [2.24, 2.45) is 0 Å². The minimum Gasteiger partial charge on any atom is -0.148 e. The van der Waals surface area contributed by atoms with Gasteiger partial charge < -0.3 is 0 Å². The van der Waals surface area contributed by atoms with Crippen molar-refractivity contribution in [3.05, 3.63) is 0 Å². The maximum Gasteiger partial charge on any atom is 0.494 e. The fraction of sp³-hybridized carbons (Fsp3) is 1.00. The summed E-state index contributed by atoms with van der Waals surface area (Å²) in [4.78, 5) is 0. The number of rotatable bonds is 10. The zero-order valence-corrected chi connectivity index (χ0v) is 11.0. The summed E-state index contributed by atoms with van der Waals surface area (Å²) >= 11 is 0. The first-order chi connectivity index (χ1) is 6.41. The number of hydrogen-bond acceptors (Lipinski definition) is 2. The van der Waals surface area contributed by atoms with Gasteiger partial charge in [0.15, 0.2) is 0 Å². The van der Waals surface area contributed by atoms with E-state index in [2.05, 4.69) is 6.92 Å². The van der Waals surface area contributed by atoms with Crippen LogP contribution >= 0.6 is 8.69 Å². The largest absolute Gasteiger partial charge is 0.494 e. The molecule has 0 amide bonds. The van der Waals surface area contributed by atoms with Crippen molar-refractivity contribution >= 4 is 8.69 Å². The van der Waals surface area contributed by atoms with Gasteiger partial charge in [-0.1, -0.05) is 51.9 Å². The Kier molecular flexibility index (Phi) is 19.4. The Balaban J connectivity index is 0. The van der Waals surface area contributed by atoms with Crippen LogP contribution in [0, 0.1) is 0 Å². The van der Waals surface area contributed by atoms with E-state index in [-0.39, 0.29) is 16.5 Å². The minimum atomic E-state index is -0.580. The molecule has 0 aromatic carbocycles. The van der Waals surface area contributed by atoms with Crippen LogP contribution in [-0.4, -0.2) is 6.61 Å². The van der Waals surface area contributed by atoms with Crippen LogP contribution in [0.25, 0.3) is 0 Å². The van der Waals surface area contributed by atoms with Crippen LogP contribution in [-0.2, 0) is 25.6 Å². The molecule has 0 saturated carbocycles. The van der Waals surface area contributed by atoms with Gasteiger partial charge in [0.05, 0.1) is 0 Å². The number of unbranched alkanes of at least 4 members (excludes halogenated alkanes) is 7. The molecule has 0 aliphatic carbocycles. The molecule has 14 heavy (non-hydrogen) atoms. The molecule has 0 fully saturated rings. The van der Waals surface area contributed by atoms with Crippen LogP contribution in [0.5, 0.6) is 0 Å². The molecule has 1 atom stereocenters. The van der Waals surface area contributed by atoms with E-state index in [1.54, 1.807) is 0 Å². The molecule has 0 N–H and O–H groups in total. The summed E-state index contributed by atoms with van der Waals surface area (Å²) in [5.41, 5.74) is 0. The maximum atomic E-state index is 9.94. The first-order valence-corrected chi connectivity index (χ1v) is 6.22. The molecule has 0 spiro atoms. The molecule has 4 heteroatoms. The van der Waals surface area contributed by atoms with Crippen molar-refractivity contribution in [3.8, 4) is 0 Å². The van der Waals surface area contributed by atoms with Gasteiger partial charge in [0, 0.05) is 16.5 Å². The van der Waals surface area contributed by atoms with Crippen LogP contribution < -0.4 is 0 Å². The van der Waals surface area contributed by atoms with Crippen molar-refractivity contribution in [1.29, 1.82) is 0 Å². The third-order valence-corrected chi connectivity index (χ3v) is 2.48. The van der Waals surface area contributed by atoms with Crippen molar-refractivity contribution in [3.63, 3.8) is 0 Å². The van der Waals surface area contributed by atoms with Crippen molar-refractivity contribution < 1.29 is 25.6 Å². The summed E-state index contributed by atoms with van der Waals surface area (Å²) < 4.78 is 14.7. The Hall–Kier alpha value is 0.554. The molecule has 0 aliphatic rings. The van der Waals surface area contributed by atoms with Gasteiger partial charge in [0.1, 0.15) is 6.61 Å². The van der Waals surface area contributed by atoms with E-state index in [9.17, 15) is 4.57 Å². The molecule has 0 heterocycles. The van der Waals surface area contributed by atoms with Crippen LogP contribution in [0.1, 0.15) is 58.3 Å². The minimum absolute atomic E-state index is 0. The van der Waals surface area contributed by atoms with Gasteiger partial charge in [-0.15, -0.1) is 4.52 Å². The summed E-state index contributed by atoms with van der Waals surface area (Å²) in [6.07, 6.45) is 10.4. The average Bonchev–Trinajstić information content (AvgIpc) is 2.16. The zero-order valence-electron chi connectivity index (χ0n) is 9.00. The van der Waals surface area contributed by atoms with E-state index in [4.69, 9.17) is 4.52 Å². The van der Waals surface area contributed by atoms with Gasteiger partial charge in [-0.25, -0.2) is 0 Å². The van der Waals surface area contributed by atoms with Crippen molar-refractivity contribution in [2.45, 2.75) is 58.3 Å². The van der Waals surface area contributed by atoms with Crippen LogP contribution in [0.4, 0.5) is 0 Å². The molecule has 0 bridgehead atoms. The normalized spacial score (nSPS) is 10.1. The van der Waals surface area contributed by atoms with Gasteiger partial charge >= 0.3 is 8.69 Å². The monoisotopic (exact) mass is 263 g/mol. The molecular weight excluding hydrogens is 242 g/mol. The van der Waals surface area contributed by atoms with Gasteiger partial charge in [-0.05, 0) is 11.0 Å². The van der Waals surface area contributed by atoms with Gasteiger partial charge in [-0.3, -0.25) is 0 Å². The Morgan fingerprint density at radius 1 is 0.929 bits per heavy atom. The molecule has 1 unspecified atom stereocenters. The van der Waals surface area contributed by atoms with Gasteiger partial charge in [-0.2, -0.15) is 0 Å². The van der Waals surface area contributed by atoms with E-state index >= 15 is 0 Å². The molecule has 0 aliphatic heterocycles. The van der Waals surface area contributed by atoms with E-state index in [0.717, 1.165) is 6.42 Å². The Morgan fingerprint density at radius 3 is 1.93 bits per heavy atom. The van der Waals surface area contributed by atoms with Crippen molar-refractivity contribution in [2.75, 3.05) is 6.61 Å². The van der Waals surface area contributed by atoms with Crippen LogP contribution in [0.3, 0.4) is 0 Å². The number of hydrogen-bond donors (Lipinski definition) is 0. The fourth-order valence-corrected chi connectivity index (χ4v) is 1.58. The van der Waals surface area contributed by atoms with Crippen LogP contribution in [0.15, 0.2) is 0 Å². The summed E-state index contributed by atoms with van der Waals surface area (Å²) in [5.74, 6) is 0. The first-order valence-electron chi connectivity index (χ1n) is 5.40. The molecule has 0 aromatic heterocycles. The molecule has 0 rings (SSSR count). The molecular formula is C10H22NiO2P+. The summed E-state index contributed by atoms with van der Waals surface area (Å²) in [7, 11) is -0.580. The predicted molar refractivity (Wildman–Crippen MR) is 57.6 cm³/mol. The van der Waals surface area contributed by atoms with Crippen LogP contribution in [0.2, 0.25) is 0 Å². The molecule has 2 nitrogen and oxygen atoms in total. The Morgan fingerprint density at radius 2 is 1.43 bits per heavy atom. The van der Waals surface area contributed by atoms with E-state index in [0.29, 0.717) is 6.61 Å². The first kappa shape index (κ1) is 17.0. The van der Waals surface area contributed by atoms with Crippen molar-refractivity contribution in [1.82, 2.24) is 0 Å².